The molecule has 0 fully saturated rings. The minimum Gasteiger partial charge on any atom is -0.481 e. The summed E-state index contributed by atoms with van der Waals surface area (Å²) in [7, 11) is 0. The van der Waals surface area contributed by atoms with Gasteiger partial charge in [0.25, 0.3) is 0 Å². The van der Waals surface area contributed by atoms with Gasteiger partial charge in [0.1, 0.15) is 29.3 Å². The molecule has 3 aromatic heterocycles. The van der Waals surface area contributed by atoms with E-state index in [-0.39, 0.29) is 6.61 Å². The summed E-state index contributed by atoms with van der Waals surface area (Å²) < 4.78 is 38.0. The average Bonchev–Trinajstić information content (AvgIpc) is 3.67. The first-order valence-electron chi connectivity index (χ1n) is 13.5. The maximum absolute atomic E-state index is 12.9. The number of carboxylic acid groups (broad SMARTS) is 2. The monoisotopic (exact) mass is 673 g/mol. The smallest absolute Gasteiger partial charge is 0.481 e. The molecule has 14 nitrogen and oxygen atoms in total. The Labute approximate surface area is 266 Å². The molecule has 0 aliphatic carbocycles. The third-order valence-electron chi connectivity index (χ3n) is 6.17. The number of imidazole rings is 1. The highest BCUT2D eigenvalue weighted by molar-refractivity contribution is 7.09. The number of nitrogens with zero attached hydrogens (tertiary/aromatic N) is 4. The fourth-order valence-corrected chi connectivity index (χ4v) is 4.71. The number of ether oxygens (including phenoxy) is 1. The first-order chi connectivity index (χ1) is 22.3. The molecular weight excluding hydrogens is 647 g/mol. The number of aromatic nitrogens is 5. The van der Waals surface area contributed by atoms with E-state index in [9.17, 15) is 32.7 Å². The van der Waals surface area contributed by atoms with Crippen molar-refractivity contribution in [1.29, 1.82) is 0 Å². The number of H-pyrrole nitrogens is 1. The highest BCUT2D eigenvalue weighted by Crippen LogP contribution is 2.23. The second-order valence-electron chi connectivity index (χ2n) is 9.67. The second-order valence-corrected chi connectivity index (χ2v) is 10.6. The van der Waals surface area contributed by atoms with E-state index >= 15 is 0 Å². The number of alkyl halides is 3. The Morgan fingerprint density at radius 1 is 1.04 bits per heavy atom. The number of hydrogen-bond donors (Lipinski definition) is 5. The zero-order valence-corrected chi connectivity index (χ0v) is 25.1. The molecule has 0 saturated heterocycles. The molecule has 18 heteroatoms. The summed E-state index contributed by atoms with van der Waals surface area (Å²) in [6, 6.07) is 16.7. The van der Waals surface area contributed by atoms with Crippen LogP contribution >= 0.6 is 11.3 Å². The van der Waals surface area contributed by atoms with Gasteiger partial charge < -0.3 is 30.6 Å². The molecule has 0 aliphatic heterocycles. The van der Waals surface area contributed by atoms with Gasteiger partial charge in [-0.1, -0.05) is 42.5 Å². The minimum atomic E-state index is -5.08. The number of amides is 1. The molecule has 2 aromatic carbocycles. The predicted molar refractivity (Wildman–Crippen MR) is 163 cm³/mol. The van der Waals surface area contributed by atoms with Crippen molar-refractivity contribution < 1.29 is 42.5 Å². The summed E-state index contributed by atoms with van der Waals surface area (Å²) in [5.41, 5.74) is 3.09. The summed E-state index contributed by atoms with van der Waals surface area (Å²) in [5, 5.41) is 24.7. The number of carbonyl (C=O) groups excluding carboxylic acids is 1. The molecule has 0 spiro atoms. The highest BCUT2D eigenvalue weighted by Gasteiger charge is 2.38. The van der Waals surface area contributed by atoms with E-state index in [1.54, 1.807) is 19.1 Å². The van der Waals surface area contributed by atoms with Crippen LogP contribution in [-0.4, -0.2) is 58.9 Å². The van der Waals surface area contributed by atoms with Crippen molar-refractivity contribution in [2.75, 3.05) is 5.32 Å². The van der Waals surface area contributed by atoms with E-state index in [4.69, 9.17) is 14.6 Å². The van der Waals surface area contributed by atoms with Gasteiger partial charge in [-0.3, -0.25) is 9.36 Å². The van der Waals surface area contributed by atoms with Crippen molar-refractivity contribution in [3.8, 4) is 11.5 Å². The van der Waals surface area contributed by atoms with Crippen molar-refractivity contribution in [1.82, 2.24) is 29.8 Å². The number of fused-ring (bicyclic) bond motifs is 1. The number of carboxylic acids is 2. The largest absolute Gasteiger partial charge is 0.490 e. The third kappa shape index (κ3) is 9.60. The molecule has 3 heterocycles. The molecule has 5 rings (SSSR count). The number of aryl methyl sites for hydroxylation is 1. The fraction of sp³-hybridized carbons (Fsp3) is 0.207. The van der Waals surface area contributed by atoms with E-state index in [0.717, 1.165) is 26.2 Å². The summed E-state index contributed by atoms with van der Waals surface area (Å²) in [6.07, 6.45) is -6.23. The SMILES string of the molecule is Cc1cn(C(CC(=O)O)NC(=O)OCc2ccccc2)c(=O)nc1NCc1nc(-c2nc3ccccc3[nH]2)cs1.O=C(O)C(F)(F)F. The van der Waals surface area contributed by atoms with E-state index in [2.05, 4.69) is 30.6 Å². The Hall–Kier alpha value is -5.78. The van der Waals surface area contributed by atoms with Crippen molar-refractivity contribution in [3.05, 3.63) is 92.8 Å². The molecule has 0 radical (unpaired) electrons. The maximum Gasteiger partial charge on any atom is 0.490 e. The normalized spacial score (nSPS) is 11.7. The van der Waals surface area contributed by atoms with Crippen LogP contribution in [0.1, 0.15) is 28.7 Å². The standard InChI is InChI=1S/C27H25N7O5S.C2HF3O2/c1-16-13-34(21(11-23(35)36)32-27(38)39-14-17-7-3-2-4-8-17)26(37)33-24(16)28-12-22-29-20(15-40-22)25-30-18-9-5-6-10-19(18)31-25;3-2(4,5)1(6)7/h2-10,13,15,21H,11-12,14H2,1H3,(H,30,31)(H,32,38)(H,35,36)(H,28,33,37);(H,6,7). The first kappa shape index (κ1) is 34.1. The Morgan fingerprint density at radius 2 is 1.72 bits per heavy atom. The Balaban J connectivity index is 0.000000644. The zero-order valence-electron chi connectivity index (χ0n) is 24.3. The number of carbonyl (C=O) groups is 3. The van der Waals surface area contributed by atoms with Crippen LogP contribution in [0, 0.1) is 6.92 Å². The van der Waals surface area contributed by atoms with Crippen LogP contribution in [0.3, 0.4) is 0 Å². The van der Waals surface area contributed by atoms with Gasteiger partial charge in [0.15, 0.2) is 5.82 Å². The number of para-hydroxylation sites is 2. The molecular formula is C29H26F3N7O7S. The number of nitrogens with one attached hydrogen (secondary N) is 3. The van der Waals surface area contributed by atoms with Gasteiger partial charge in [-0.2, -0.15) is 18.2 Å². The van der Waals surface area contributed by atoms with Crippen molar-refractivity contribution >= 4 is 46.2 Å². The lowest BCUT2D eigenvalue weighted by Gasteiger charge is -2.20. The van der Waals surface area contributed by atoms with E-state index < -0.39 is 42.5 Å². The number of hydrogen-bond acceptors (Lipinski definition) is 10. The van der Waals surface area contributed by atoms with Gasteiger partial charge in [-0.25, -0.2) is 24.4 Å². The summed E-state index contributed by atoms with van der Waals surface area (Å²) in [6.45, 7) is 2.03. The first-order valence-corrected chi connectivity index (χ1v) is 14.4. The maximum atomic E-state index is 12.9. The minimum absolute atomic E-state index is 0.00366. The van der Waals surface area contributed by atoms with Crippen molar-refractivity contribution in [2.24, 2.45) is 0 Å². The number of rotatable bonds is 10. The topological polar surface area (TPSA) is 201 Å². The highest BCUT2D eigenvalue weighted by atomic mass is 32.1. The average molecular weight is 674 g/mol. The molecule has 1 atom stereocenters. The van der Waals surface area contributed by atoms with Gasteiger partial charge in [0.05, 0.1) is 24.0 Å². The van der Waals surface area contributed by atoms with Crippen LogP contribution in [0.5, 0.6) is 0 Å². The van der Waals surface area contributed by atoms with Crippen LogP contribution in [0.15, 0.2) is 71.0 Å². The van der Waals surface area contributed by atoms with Crippen LogP contribution in [-0.2, 0) is 27.5 Å². The van der Waals surface area contributed by atoms with Crippen molar-refractivity contribution in [2.45, 2.75) is 38.8 Å². The van der Waals surface area contributed by atoms with Crippen molar-refractivity contribution in [3.63, 3.8) is 0 Å². The Morgan fingerprint density at radius 3 is 2.38 bits per heavy atom. The quantitative estimate of drug-likeness (QED) is 0.138. The molecule has 0 bridgehead atoms. The lowest BCUT2D eigenvalue weighted by atomic mass is 10.2. The fourth-order valence-electron chi connectivity index (χ4n) is 3.99. The van der Waals surface area contributed by atoms with Gasteiger partial charge >= 0.3 is 29.9 Å². The molecule has 5 N–H and O–H groups in total. The number of thiazole rings is 1. The van der Waals surface area contributed by atoms with Gasteiger partial charge in [-0.15, -0.1) is 11.3 Å². The van der Waals surface area contributed by atoms with Gasteiger partial charge in [-0.05, 0) is 24.6 Å². The predicted octanol–water partition coefficient (Wildman–Crippen LogP) is 4.70. The van der Waals surface area contributed by atoms with Crippen LogP contribution < -0.4 is 16.3 Å². The van der Waals surface area contributed by atoms with Gasteiger partial charge in [0, 0.05) is 17.1 Å². The van der Waals surface area contributed by atoms with Crippen LogP contribution in [0.2, 0.25) is 0 Å². The summed E-state index contributed by atoms with van der Waals surface area (Å²) in [5.74, 6) is -2.97. The molecule has 47 heavy (non-hydrogen) atoms. The lowest BCUT2D eigenvalue weighted by molar-refractivity contribution is -0.192. The van der Waals surface area contributed by atoms with Crippen LogP contribution in [0.4, 0.5) is 23.8 Å². The lowest BCUT2D eigenvalue weighted by Crippen LogP contribution is -2.40. The number of benzene rings is 2. The van der Waals surface area contributed by atoms with E-state index in [1.807, 2.05) is 47.8 Å². The number of aromatic amines is 1. The second kappa shape index (κ2) is 15.0. The number of aliphatic carboxylic acids is 2. The molecule has 246 valence electrons. The number of anilines is 1. The Kier molecular flexibility index (Phi) is 10.9. The molecule has 1 amide bonds. The van der Waals surface area contributed by atoms with E-state index in [1.165, 1.54) is 17.5 Å². The van der Waals surface area contributed by atoms with Crippen LogP contribution in [0.25, 0.3) is 22.6 Å². The molecule has 5 aromatic rings. The summed E-state index contributed by atoms with van der Waals surface area (Å²) >= 11 is 1.44. The third-order valence-corrected chi connectivity index (χ3v) is 7.02. The molecule has 1 unspecified atom stereocenters. The molecule has 0 aliphatic rings. The number of halogens is 3. The Bertz CT molecular complexity index is 1890. The summed E-state index contributed by atoms with van der Waals surface area (Å²) in [4.78, 5) is 62.1. The number of alkyl carbamates (subject to hydrolysis) is 1. The van der Waals surface area contributed by atoms with E-state index in [0.29, 0.717) is 29.4 Å². The van der Waals surface area contributed by atoms with Gasteiger partial charge in [0.2, 0.25) is 0 Å². The molecule has 0 saturated carbocycles. The zero-order chi connectivity index (χ0) is 34.1.